The van der Waals surface area contributed by atoms with Crippen molar-refractivity contribution in [3.8, 4) is 0 Å². The van der Waals surface area contributed by atoms with Gasteiger partial charge in [-0.2, -0.15) is 0 Å². The topological polar surface area (TPSA) is 41.0 Å². The molecule has 6 nitrogen and oxygen atoms in total. The summed E-state index contributed by atoms with van der Waals surface area (Å²) in [5, 5.41) is 0. The second kappa shape index (κ2) is 11.5. The molecule has 0 N–H and O–H groups in total. The van der Waals surface area contributed by atoms with E-state index in [1.165, 1.54) is 17.7 Å². The molecule has 1 unspecified atom stereocenters. The number of aromatic nitrogens is 1. The minimum atomic E-state index is -0.197. The number of carbonyl (C=O) groups is 1. The number of hydrogen-bond donors (Lipinski definition) is 0. The zero-order valence-electron chi connectivity index (χ0n) is 21.9. The predicted octanol–water partition coefficient (Wildman–Crippen LogP) is 4.73. The number of anilines is 1. The fourth-order valence-electron chi connectivity index (χ4n) is 5.73. The number of carbonyl (C=O) groups excluding carboxylic acids is 1. The highest BCUT2D eigenvalue weighted by Gasteiger charge is 2.33. The molecule has 2 aliphatic heterocycles. The molecule has 37 heavy (non-hydrogen) atoms. The number of ether oxygens (including phenoxy) is 1. The van der Waals surface area contributed by atoms with E-state index in [-0.39, 0.29) is 17.8 Å². The molecular weight excluding hydrogens is 467 g/mol. The van der Waals surface area contributed by atoms with Gasteiger partial charge in [0, 0.05) is 64.8 Å². The molecule has 1 atom stereocenters. The Morgan fingerprint density at radius 3 is 2.38 bits per heavy atom. The van der Waals surface area contributed by atoms with Gasteiger partial charge in [-0.15, -0.1) is 0 Å². The normalized spacial score (nSPS) is 18.7. The lowest BCUT2D eigenvalue weighted by atomic mass is 10.1. The van der Waals surface area contributed by atoms with Crippen LogP contribution in [0.5, 0.6) is 0 Å². The summed E-state index contributed by atoms with van der Waals surface area (Å²) in [6.07, 6.45) is 3.75. The molecule has 5 rings (SSSR count). The van der Waals surface area contributed by atoms with Crippen LogP contribution in [-0.2, 0) is 11.3 Å². The van der Waals surface area contributed by atoms with E-state index in [1.807, 2.05) is 42.2 Å². The van der Waals surface area contributed by atoms with E-state index in [0.29, 0.717) is 6.54 Å². The summed E-state index contributed by atoms with van der Waals surface area (Å²) in [6, 6.07) is 17.1. The van der Waals surface area contributed by atoms with Gasteiger partial charge in [0.25, 0.3) is 5.91 Å². The summed E-state index contributed by atoms with van der Waals surface area (Å²) in [7, 11) is 1.75. The fourth-order valence-corrected chi connectivity index (χ4v) is 5.73. The molecule has 7 heteroatoms. The first-order valence-electron chi connectivity index (χ1n) is 13.3. The van der Waals surface area contributed by atoms with Gasteiger partial charge in [0.2, 0.25) is 0 Å². The molecule has 196 valence electrons. The maximum atomic E-state index is 13.7. The van der Waals surface area contributed by atoms with Crippen LogP contribution in [0.2, 0.25) is 0 Å². The van der Waals surface area contributed by atoms with Crippen LogP contribution in [0.1, 0.15) is 46.1 Å². The molecule has 0 aliphatic carbocycles. The summed E-state index contributed by atoms with van der Waals surface area (Å²) in [6.45, 7) is 9.00. The Bertz CT molecular complexity index is 1190. The molecule has 1 fully saturated rings. The fraction of sp³-hybridized carbons (Fsp3) is 0.433. The van der Waals surface area contributed by atoms with E-state index in [0.717, 1.165) is 81.2 Å². The summed E-state index contributed by atoms with van der Waals surface area (Å²) >= 11 is 0. The predicted molar refractivity (Wildman–Crippen MR) is 145 cm³/mol. The van der Waals surface area contributed by atoms with Crippen LogP contribution in [0.4, 0.5) is 10.1 Å². The summed E-state index contributed by atoms with van der Waals surface area (Å²) in [5.74, 6) is -0.0719. The van der Waals surface area contributed by atoms with E-state index in [2.05, 4.69) is 32.7 Å². The molecule has 2 aliphatic rings. The summed E-state index contributed by atoms with van der Waals surface area (Å²) in [5.41, 5.74) is 5.13. The Balaban J connectivity index is 1.19. The number of fused-ring (bicyclic) bond motifs is 1. The van der Waals surface area contributed by atoms with Gasteiger partial charge in [-0.3, -0.25) is 9.69 Å². The molecule has 0 radical (unpaired) electrons. The van der Waals surface area contributed by atoms with Crippen LogP contribution >= 0.6 is 0 Å². The minimum Gasteiger partial charge on any atom is -0.375 e. The highest BCUT2D eigenvalue weighted by atomic mass is 19.1. The number of nitrogens with zero attached hydrogens (tertiary/aromatic N) is 4. The van der Waals surface area contributed by atoms with Gasteiger partial charge < -0.3 is 19.1 Å². The summed E-state index contributed by atoms with van der Waals surface area (Å²) in [4.78, 5) is 20.5. The molecule has 0 saturated carbocycles. The van der Waals surface area contributed by atoms with Gasteiger partial charge in [0.15, 0.2) is 0 Å². The monoisotopic (exact) mass is 504 g/mol. The van der Waals surface area contributed by atoms with Gasteiger partial charge in [-0.1, -0.05) is 30.3 Å². The van der Waals surface area contributed by atoms with Crippen LogP contribution in [0, 0.1) is 12.7 Å². The van der Waals surface area contributed by atoms with Crippen molar-refractivity contribution >= 4 is 11.6 Å². The number of piperazine rings is 1. The Morgan fingerprint density at radius 1 is 0.946 bits per heavy atom. The van der Waals surface area contributed by atoms with Crippen molar-refractivity contribution in [2.24, 2.45) is 0 Å². The number of halogens is 1. The van der Waals surface area contributed by atoms with Crippen LogP contribution in [0.3, 0.4) is 0 Å². The average Bonchev–Trinajstić information content (AvgIpc) is 3.16. The smallest absolute Gasteiger partial charge is 0.256 e. The Hall–Kier alpha value is -3.16. The number of aryl methyl sites for hydroxylation is 1. The van der Waals surface area contributed by atoms with Gasteiger partial charge in [-0.05, 0) is 61.7 Å². The lowest BCUT2D eigenvalue weighted by Crippen LogP contribution is -2.47. The molecule has 3 heterocycles. The van der Waals surface area contributed by atoms with Crippen molar-refractivity contribution in [2.75, 3.05) is 57.8 Å². The van der Waals surface area contributed by atoms with Crippen molar-refractivity contribution < 1.29 is 13.9 Å². The lowest BCUT2D eigenvalue weighted by Gasteiger charge is -2.36. The molecule has 3 aromatic rings. The van der Waals surface area contributed by atoms with Crippen molar-refractivity contribution in [2.45, 2.75) is 32.4 Å². The van der Waals surface area contributed by atoms with Crippen LogP contribution in [0.15, 0.2) is 60.8 Å². The van der Waals surface area contributed by atoms with E-state index in [9.17, 15) is 9.18 Å². The van der Waals surface area contributed by atoms with Crippen LogP contribution < -0.4 is 4.90 Å². The molecule has 0 spiro atoms. The third-order valence-corrected chi connectivity index (χ3v) is 7.72. The number of hydrogen-bond acceptors (Lipinski definition) is 4. The van der Waals surface area contributed by atoms with Gasteiger partial charge in [-0.25, -0.2) is 4.39 Å². The van der Waals surface area contributed by atoms with Crippen molar-refractivity contribution in [1.82, 2.24) is 14.4 Å². The lowest BCUT2D eigenvalue weighted by molar-refractivity contribution is 0.0687. The molecule has 1 aromatic heterocycles. The standard InChI is InChI=1S/C30H37FN4O2/c1-23-21-35(22-24-7-4-3-5-8-24)29-27(37-2)13-16-34(30(36)28(23)29)15-6-14-32-17-19-33(20-18-32)26-11-9-25(31)10-12-26/h3-5,7-12,21,27H,6,13-20,22H2,1-2H3. The van der Waals surface area contributed by atoms with Crippen molar-refractivity contribution in [1.29, 1.82) is 0 Å². The zero-order valence-corrected chi connectivity index (χ0v) is 21.9. The van der Waals surface area contributed by atoms with Gasteiger partial charge >= 0.3 is 0 Å². The molecule has 0 bridgehead atoms. The van der Waals surface area contributed by atoms with Crippen LogP contribution in [0.25, 0.3) is 0 Å². The zero-order chi connectivity index (χ0) is 25.8. The van der Waals surface area contributed by atoms with E-state index in [4.69, 9.17) is 4.74 Å². The van der Waals surface area contributed by atoms with E-state index < -0.39 is 0 Å². The number of benzene rings is 2. The number of amides is 1. The van der Waals surface area contributed by atoms with Crippen molar-refractivity contribution in [3.05, 3.63) is 89.0 Å². The van der Waals surface area contributed by atoms with Gasteiger partial charge in [0.05, 0.1) is 17.4 Å². The minimum absolute atomic E-state index is 0.0964. The maximum Gasteiger partial charge on any atom is 0.256 e. The SMILES string of the molecule is COC1CCN(CCCN2CCN(c3ccc(F)cc3)CC2)C(=O)c2c(C)cn(Cc3ccccc3)c21. The number of methoxy groups -OCH3 is 1. The third kappa shape index (κ3) is 5.73. The van der Waals surface area contributed by atoms with E-state index >= 15 is 0 Å². The second-order valence-corrected chi connectivity index (χ2v) is 10.1. The van der Waals surface area contributed by atoms with Gasteiger partial charge in [0.1, 0.15) is 5.82 Å². The summed E-state index contributed by atoms with van der Waals surface area (Å²) < 4.78 is 21.3. The Kier molecular flexibility index (Phi) is 7.91. The molecule has 2 aromatic carbocycles. The first kappa shape index (κ1) is 25.5. The number of rotatable bonds is 8. The van der Waals surface area contributed by atoms with Crippen molar-refractivity contribution in [3.63, 3.8) is 0 Å². The van der Waals surface area contributed by atoms with E-state index in [1.54, 1.807) is 7.11 Å². The average molecular weight is 505 g/mol. The Morgan fingerprint density at radius 2 is 1.68 bits per heavy atom. The largest absolute Gasteiger partial charge is 0.375 e. The van der Waals surface area contributed by atoms with Crippen LogP contribution in [-0.4, -0.2) is 73.2 Å². The molecule has 1 amide bonds. The third-order valence-electron chi connectivity index (χ3n) is 7.72. The quantitative estimate of drug-likeness (QED) is 0.445. The maximum absolute atomic E-state index is 13.7. The molecular formula is C30H37FN4O2. The second-order valence-electron chi connectivity index (χ2n) is 10.1. The highest BCUT2D eigenvalue weighted by Crippen LogP contribution is 2.33. The Labute approximate surface area is 219 Å². The first-order chi connectivity index (χ1) is 18.0. The first-order valence-corrected chi connectivity index (χ1v) is 13.3. The highest BCUT2D eigenvalue weighted by molar-refractivity contribution is 5.97. The molecule has 1 saturated heterocycles.